The Bertz CT molecular complexity index is 341. The van der Waals surface area contributed by atoms with Crippen LogP contribution in [-0.2, 0) is 4.79 Å². The van der Waals surface area contributed by atoms with E-state index in [1.807, 2.05) is 4.90 Å². The highest BCUT2D eigenvalue weighted by atomic mass is 16.4. The third-order valence-electron chi connectivity index (χ3n) is 4.56. The zero-order chi connectivity index (χ0) is 15.7. The van der Waals surface area contributed by atoms with Crippen LogP contribution in [0.15, 0.2) is 5.16 Å². The Balaban J connectivity index is 2.93. The molecule has 21 heavy (non-hydrogen) atoms. The van der Waals surface area contributed by atoms with Crippen molar-refractivity contribution in [3.8, 4) is 0 Å². The van der Waals surface area contributed by atoms with Crippen LogP contribution < -0.4 is 5.73 Å². The van der Waals surface area contributed by atoms with Gasteiger partial charge in [-0.3, -0.25) is 4.79 Å². The van der Waals surface area contributed by atoms with Crippen LogP contribution in [0, 0.1) is 5.41 Å². The third-order valence-corrected chi connectivity index (χ3v) is 4.56. The summed E-state index contributed by atoms with van der Waals surface area (Å²) < 4.78 is 0. The van der Waals surface area contributed by atoms with Crippen molar-refractivity contribution in [2.45, 2.75) is 71.6 Å². The van der Waals surface area contributed by atoms with Crippen molar-refractivity contribution in [3.05, 3.63) is 0 Å². The van der Waals surface area contributed by atoms with E-state index in [1.165, 1.54) is 0 Å². The van der Waals surface area contributed by atoms with Crippen molar-refractivity contribution in [1.29, 1.82) is 0 Å². The number of carbonyl (C=O) groups excluding carboxylic acids is 1. The number of carbonyl (C=O) groups is 1. The van der Waals surface area contributed by atoms with Gasteiger partial charge >= 0.3 is 0 Å². The number of nitrogens with two attached hydrogens (primary N) is 1. The van der Waals surface area contributed by atoms with Gasteiger partial charge in [0.15, 0.2) is 5.84 Å². The Morgan fingerprint density at radius 2 is 1.67 bits per heavy atom. The fourth-order valence-corrected chi connectivity index (χ4v) is 3.15. The Morgan fingerprint density at radius 1 is 1.14 bits per heavy atom. The molecule has 0 radical (unpaired) electrons. The second kappa shape index (κ2) is 8.90. The first-order chi connectivity index (χ1) is 10.1. The van der Waals surface area contributed by atoms with Crippen LogP contribution >= 0.6 is 0 Å². The van der Waals surface area contributed by atoms with Gasteiger partial charge in [-0.25, -0.2) is 0 Å². The Labute approximate surface area is 128 Å². The lowest BCUT2D eigenvalue weighted by atomic mass is 9.72. The number of hydrogen-bond acceptors (Lipinski definition) is 3. The van der Waals surface area contributed by atoms with Crippen molar-refractivity contribution < 1.29 is 10.0 Å². The molecule has 1 rings (SSSR count). The fraction of sp³-hybridized carbons (Fsp3) is 0.875. The number of hydrogen-bond donors (Lipinski definition) is 2. The fourth-order valence-electron chi connectivity index (χ4n) is 3.15. The average molecular weight is 297 g/mol. The highest BCUT2D eigenvalue weighted by Crippen LogP contribution is 2.38. The van der Waals surface area contributed by atoms with E-state index in [2.05, 4.69) is 19.0 Å². The molecule has 1 aliphatic rings. The molecule has 0 saturated heterocycles. The smallest absolute Gasteiger partial charge is 0.236 e. The summed E-state index contributed by atoms with van der Waals surface area (Å²) in [5.41, 5.74) is 5.16. The lowest BCUT2D eigenvalue weighted by Crippen LogP contribution is -2.52. The van der Waals surface area contributed by atoms with Crippen LogP contribution in [-0.4, -0.2) is 34.9 Å². The summed E-state index contributed by atoms with van der Waals surface area (Å²) in [6.45, 7) is 5.80. The zero-order valence-electron chi connectivity index (χ0n) is 13.6. The number of amides is 1. The summed E-state index contributed by atoms with van der Waals surface area (Å²) >= 11 is 0. The van der Waals surface area contributed by atoms with Crippen LogP contribution in [0.2, 0.25) is 0 Å². The van der Waals surface area contributed by atoms with Crippen molar-refractivity contribution in [2.24, 2.45) is 16.3 Å². The minimum Gasteiger partial charge on any atom is -0.409 e. The van der Waals surface area contributed by atoms with Crippen LogP contribution in [0.5, 0.6) is 0 Å². The van der Waals surface area contributed by atoms with Crippen LogP contribution in [0.25, 0.3) is 0 Å². The van der Waals surface area contributed by atoms with E-state index in [0.29, 0.717) is 12.8 Å². The molecule has 0 bridgehead atoms. The van der Waals surface area contributed by atoms with Gasteiger partial charge in [0, 0.05) is 13.1 Å². The topological polar surface area (TPSA) is 78.9 Å². The van der Waals surface area contributed by atoms with Gasteiger partial charge in [-0.05, 0) is 25.7 Å². The molecule has 5 heteroatoms. The Morgan fingerprint density at radius 3 is 2.10 bits per heavy atom. The molecule has 0 unspecified atom stereocenters. The molecule has 3 N–H and O–H groups in total. The molecule has 1 saturated carbocycles. The summed E-state index contributed by atoms with van der Waals surface area (Å²) in [7, 11) is 0. The first kappa shape index (κ1) is 17.8. The molecule has 0 atom stereocenters. The lowest BCUT2D eigenvalue weighted by Gasteiger charge is -2.39. The van der Waals surface area contributed by atoms with Crippen molar-refractivity contribution in [3.63, 3.8) is 0 Å². The number of oxime groups is 1. The molecule has 1 aliphatic carbocycles. The SMILES string of the molecule is CCCCN(CCCC)C(=O)C1(C(N)=NO)CCCCC1. The first-order valence-corrected chi connectivity index (χ1v) is 8.39. The van der Waals surface area contributed by atoms with Crippen molar-refractivity contribution in [2.75, 3.05) is 13.1 Å². The molecule has 1 fully saturated rings. The molecule has 122 valence electrons. The molecule has 0 spiro atoms. The predicted molar refractivity (Wildman–Crippen MR) is 85.3 cm³/mol. The molecule has 0 aromatic heterocycles. The molecule has 1 amide bonds. The van der Waals surface area contributed by atoms with Crippen LogP contribution in [0.3, 0.4) is 0 Å². The van der Waals surface area contributed by atoms with Crippen LogP contribution in [0.4, 0.5) is 0 Å². The maximum Gasteiger partial charge on any atom is 0.236 e. The van der Waals surface area contributed by atoms with Gasteiger partial charge in [0.2, 0.25) is 5.91 Å². The molecular weight excluding hydrogens is 266 g/mol. The van der Waals surface area contributed by atoms with Crippen molar-refractivity contribution >= 4 is 11.7 Å². The van der Waals surface area contributed by atoms with E-state index in [0.717, 1.165) is 58.0 Å². The minimum absolute atomic E-state index is 0.0689. The van der Waals surface area contributed by atoms with E-state index in [1.54, 1.807) is 0 Å². The maximum atomic E-state index is 13.1. The average Bonchev–Trinajstić information content (AvgIpc) is 2.54. The second-order valence-electron chi connectivity index (χ2n) is 6.13. The van der Waals surface area contributed by atoms with Gasteiger partial charge in [-0.15, -0.1) is 0 Å². The normalized spacial score (nSPS) is 18.5. The molecule has 0 heterocycles. The van der Waals surface area contributed by atoms with E-state index in [-0.39, 0.29) is 11.7 Å². The number of amidine groups is 1. The number of unbranched alkanes of at least 4 members (excludes halogenated alkanes) is 2. The van der Waals surface area contributed by atoms with Gasteiger partial charge in [0.1, 0.15) is 5.41 Å². The highest BCUT2D eigenvalue weighted by molar-refractivity contribution is 6.06. The Kier molecular flexibility index (Phi) is 7.54. The lowest BCUT2D eigenvalue weighted by molar-refractivity contribution is -0.140. The van der Waals surface area contributed by atoms with Gasteiger partial charge in [0.25, 0.3) is 0 Å². The number of nitrogens with zero attached hydrogens (tertiary/aromatic N) is 2. The molecule has 0 aromatic carbocycles. The molecule has 0 aromatic rings. The van der Waals surface area contributed by atoms with Crippen LogP contribution in [0.1, 0.15) is 71.6 Å². The van der Waals surface area contributed by atoms with E-state index < -0.39 is 5.41 Å². The summed E-state index contributed by atoms with van der Waals surface area (Å²) in [6, 6.07) is 0. The quantitative estimate of drug-likeness (QED) is 0.313. The molecular formula is C16H31N3O2. The zero-order valence-corrected chi connectivity index (χ0v) is 13.6. The highest BCUT2D eigenvalue weighted by Gasteiger charge is 2.45. The van der Waals surface area contributed by atoms with Crippen molar-refractivity contribution in [1.82, 2.24) is 4.90 Å². The maximum absolute atomic E-state index is 13.1. The number of rotatable bonds is 8. The van der Waals surface area contributed by atoms with Gasteiger partial charge in [0.05, 0.1) is 0 Å². The van der Waals surface area contributed by atoms with E-state index in [4.69, 9.17) is 10.9 Å². The Hall–Kier alpha value is -1.26. The predicted octanol–water partition coefficient (Wildman–Crippen LogP) is 3.11. The summed E-state index contributed by atoms with van der Waals surface area (Å²) in [5.74, 6) is 0.171. The third kappa shape index (κ3) is 4.35. The minimum atomic E-state index is -0.769. The molecule has 5 nitrogen and oxygen atoms in total. The monoisotopic (exact) mass is 297 g/mol. The van der Waals surface area contributed by atoms with E-state index >= 15 is 0 Å². The summed E-state index contributed by atoms with van der Waals surface area (Å²) in [5, 5.41) is 12.3. The summed E-state index contributed by atoms with van der Waals surface area (Å²) in [6.07, 6.45) is 8.60. The summed E-state index contributed by atoms with van der Waals surface area (Å²) in [4.78, 5) is 15.0. The van der Waals surface area contributed by atoms with E-state index in [9.17, 15) is 4.79 Å². The molecule has 0 aliphatic heterocycles. The van der Waals surface area contributed by atoms with Gasteiger partial charge < -0.3 is 15.8 Å². The van der Waals surface area contributed by atoms with Gasteiger partial charge in [-0.1, -0.05) is 51.1 Å². The second-order valence-corrected chi connectivity index (χ2v) is 6.13. The first-order valence-electron chi connectivity index (χ1n) is 8.39. The standard InChI is InChI=1S/C16H31N3O2/c1-3-5-12-19(13-6-4-2)15(20)16(14(17)18-21)10-8-7-9-11-16/h21H,3-13H2,1-2H3,(H2,17,18). The largest absolute Gasteiger partial charge is 0.409 e. The van der Waals surface area contributed by atoms with Gasteiger partial charge in [-0.2, -0.15) is 0 Å².